The van der Waals surface area contributed by atoms with Crippen LogP contribution in [0.15, 0.2) is 21.8 Å². The first-order valence-electron chi connectivity index (χ1n) is 11.8. The summed E-state index contributed by atoms with van der Waals surface area (Å²) in [6.45, 7) is 20.4. The third-order valence-electron chi connectivity index (χ3n) is 8.52. The molecule has 0 aromatic carbocycles. The van der Waals surface area contributed by atoms with Crippen molar-refractivity contribution in [3.05, 3.63) is 56.1 Å². The van der Waals surface area contributed by atoms with E-state index in [0.717, 1.165) is 40.7 Å². The first-order chi connectivity index (χ1) is 14.8. The largest absolute Gasteiger partial charge is 0.356 e. The van der Waals surface area contributed by atoms with Crippen molar-refractivity contribution in [3.63, 3.8) is 0 Å². The van der Waals surface area contributed by atoms with Gasteiger partial charge in [0.25, 0.3) is 0 Å². The number of H-pyrrole nitrogens is 2. The van der Waals surface area contributed by atoms with Crippen molar-refractivity contribution in [2.45, 2.75) is 80.7 Å². The Morgan fingerprint density at radius 1 is 0.719 bits per heavy atom. The molecule has 3 aliphatic rings. The minimum atomic E-state index is -0.312. The normalized spacial score (nSPS) is 29.0. The molecule has 1 unspecified atom stereocenters. The molecule has 0 saturated carbocycles. The summed E-state index contributed by atoms with van der Waals surface area (Å²) in [5, 5.41) is 2.32. The minimum Gasteiger partial charge on any atom is -0.356 e. The number of nitrogens with one attached hydrogen (secondary N) is 2. The molecule has 3 aliphatic heterocycles. The summed E-state index contributed by atoms with van der Waals surface area (Å²) in [6, 6.07) is 0. The molecule has 32 heavy (non-hydrogen) atoms. The number of aromatic amines is 2. The molecule has 1 atom stereocenters. The number of aliphatic imine (C=N–C) groups is 2. The fourth-order valence-corrected chi connectivity index (χ4v) is 5.62. The van der Waals surface area contributed by atoms with Crippen molar-refractivity contribution in [2.75, 3.05) is 0 Å². The minimum absolute atomic E-state index is 0.00328. The lowest BCUT2D eigenvalue weighted by Crippen LogP contribution is -2.35. The van der Waals surface area contributed by atoms with Crippen LogP contribution in [0.1, 0.15) is 81.1 Å². The highest BCUT2D eigenvalue weighted by molar-refractivity contribution is 6.13. The number of nitrogens with zero attached hydrogens (tertiary/aromatic N) is 2. The molecule has 5 rings (SSSR count). The SMILES string of the molecule is Cc1c2[nH]c(c1C)C1(C)N=C(/C=C3N=C(/C=c4\[nH]/c(c(C)c4C)=C\2)CC\3(C)C)CC1(C)C. The van der Waals surface area contributed by atoms with Gasteiger partial charge in [-0.3, -0.25) is 9.98 Å². The van der Waals surface area contributed by atoms with E-state index < -0.39 is 0 Å². The summed E-state index contributed by atoms with van der Waals surface area (Å²) in [5.41, 5.74) is 10.7. The maximum absolute atomic E-state index is 5.37. The maximum Gasteiger partial charge on any atom is 0.104 e. The monoisotopic (exact) mass is 428 g/mol. The van der Waals surface area contributed by atoms with E-state index in [0.29, 0.717) is 0 Å². The predicted octanol–water partition coefficient (Wildman–Crippen LogP) is 5.04. The van der Waals surface area contributed by atoms with E-state index in [4.69, 9.17) is 9.98 Å². The van der Waals surface area contributed by atoms with Crippen molar-refractivity contribution in [3.8, 4) is 0 Å². The Bertz CT molecular complexity index is 1370. The molecular formula is C28H36N4. The Kier molecular flexibility index (Phi) is 4.29. The van der Waals surface area contributed by atoms with Gasteiger partial charge in [-0.2, -0.15) is 0 Å². The molecule has 8 bridgehead atoms. The van der Waals surface area contributed by atoms with Gasteiger partial charge in [0, 0.05) is 56.5 Å². The molecular weight excluding hydrogens is 392 g/mol. The number of fused-ring (bicyclic) bond motifs is 7. The first kappa shape index (κ1) is 21.2. The number of allylic oxidation sites excluding steroid dienone is 2. The first-order valence-corrected chi connectivity index (χ1v) is 11.8. The highest BCUT2D eigenvalue weighted by atomic mass is 15.0. The molecule has 0 amide bonds. The van der Waals surface area contributed by atoms with Gasteiger partial charge in [-0.25, -0.2) is 0 Å². The van der Waals surface area contributed by atoms with Crippen molar-refractivity contribution in [2.24, 2.45) is 20.8 Å². The molecule has 2 aromatic rings. The van der Waals surface area contributed by atoms with Crippen LogP contribution in [0.3, 0.4) is 0 Å². The van der Waals surface area contributed by atoms with Gasteiger partial charge in [-0.15, -0.1) is 0 Å². The van der Waals surface area contributed by atoms with Crippen LogP contribution in [0, 0.1) is 38.5 Å². The molecule has 0 radical (unpaired) electrons. The second kappa shape index (κ2) is 6.46. The summed E-state index contributed by atoms with van der Waals surface area (Å²) in [7, 11) is 0. The van der Waals surface area contributed by atoms with E-state index in [1.165, 1.54) is 33.6 Å². The van der Waals surface area contributed by atoms with E-state index in [-0.39, 0.29) is 16.4 Å². The van der Waals surface area contributed by atoms with Gasteiger partial charge >= 0.3 is 0 Å². The summed E-state index contributed by atoms with van der Waals surface area (Å²) in [5.74, 6) is 0. The molecule has 5 heterocycles. The number of hydrogen-bond acceptors (Lipinski definition) is 2. The van der Waals surface area contributed by atoms with E-state index in [9.17, 15) is 0 Å². The molecule has 2 aromatic heterocycles. The van der Waals surface area contributed by atoms with E-state index in [1.54, 1.807) is 0 Å². The average molecular weight is 429 g/mol. The zero-order chi connectivity index (χ0) is 23.2. The van der Waals surface area contributed by atoms with E-state index in [1.807, 2.05) is 0 Å². The van der Waals surface area contributed by atoms with Crippen LogP contribution in [-0.2, 0) is 5.54 Å². The van der Waals surface area contributed by atoms with Gasteiger partial charge in [0.15, 0.2) is 0 Å². The average Bonchev–Trinajstić information content (AvgIpc) is 3.30. The van der Waals surface area contributed by atoms with Crippen molar-refractivity contribution in [1.29, 1.82) is 0 Å². The van der Waals surface area contributed by atoms with Crippen molar-refractivity contribution < 1.29 is 0 Å². The van der Waals surface area contributed by atoms with Crippen molar-refractivity contribution >= 4 is 23.6 Å². The van der Waals surface area contributed by atoms with Crippen LogP contribution in [0.25, 0.3) is 12.2 Å². The second-order valence-corrected chi connectivity index (χ2v) is 11.6. The zero-order valence-corrected chi connectivity index (χ0v) is 21.0. The molecule has 0 spiro atoms. The quantitative estimate of drug-likeness (QED) is 0.591. The molecule has 0 fully saturated rings. The second-order valence-electron chi connectivity index (χ2n) is 11.6. The van der Waals surface area contributed by atoms with Crippen LogP contribution in [-0.4, -0.2) is 21.4 Å². The summed E-state index contributed by atoms with van der Waals surface area (Å²) >= 11 is 0. The molecule has 4 heteroatoms. The topological polar surface area (TPSA) is 56.3 Å². The fourth-order valence-electron chi connectivity index (χ4n) is 5.62. The maximum atomic E-state index is 5.37. The van der Waals surface area contributed by atoms with E-state index in [2.05, 4.69) is 90.5 Å². The Balaban J connectivity index is 1.88. The Hall–Kier alpha value is -2.62. The Morgan fingerprint density at radius 3 is 2.06 bits per heavy atom. The molecule has 168 valence electrons. The number of aromatic nitrogens is 2. The smallest absolute Gasteiger partial charge is 0.104 e. The zero-order valence-electron chi connectivity index (χ0n) is 21.0. The molecule has 2 N–H and O–H groups in total. The summed E-state index contributed by atoms with van der Waals surface area (Å²) in [4.78, 5) is 17.9. The van der Waals surface area contributed by atoms with Gasteiger partial charge < -0.3 is 9.97 Å². The van der Waals surface area contributed by atoms with Gasteiger partial charge in [0.2, 0.25) is 0 Å². The standard InChI is InChI=1S/C28H36N4/c1-15-16(2)22-12-23-17(3)18(4)25(31-23)28(9)27(7,8)14-20(32-28)11-24-26(5,6)13-19(29-24)10-21(15)30-22/h10-12,30-31H,13-14H2,1-9H3/b21-10-,22-12-,24-11-. The number of rotatable bonds is 0. The summed E-state index contributed by atoms with van der Waals surface area (Å²) < 4.78 is 0. The van der Waals surface area contributed by atoms with E-state index >= 15 is 0 Å². The van der Waals surface area contributed by atoms with Crippen LogP contribution in [0.4, 0.5) is 0 Å². The molecule has 0 aliphatic carbocycles. The third-order valence-corrected chi connectivity index (χ3v) is 8.52. The molecule has 0 saturated heterocycles. The Labute approximate surface area is 191 Å². The van der Waals surface area contributed by atoms with Crippen LogP contribution in [0.2, 0.25) is 0 Å². The predicted molar refractivity (Wildman–Crippen MR) is 135 cm³/mol. The van der Waals surface area contributed by atoms with Crippen molar-refractivity contribution in [1.82, 2.24) is 9.97 Å². The highest BCUT2D eigenvalue weighted by Crippen LogP contribution is 2.52. The highest BCUT2D eigenvalue weighted by Gasteiger charge is 2.49. The third kappa shape index (κ3) is 2.88. The summed E-state index contributed by atoms with van der Waals surface area (Å²) in [6.07, 6.45) is 8.67. The lowest BCUT2D eigenvalue weighted by molar-refractivity contribution is 0.213. The lowest BCUT2D eigenvalue weighted by atomic mass is 9.70. The van der Waals surface area contributed by atoms with Gasteiger partial charge in [0.05, 0.1) is 0 Å². The lowest BCUT2D eigenvalue weighted by Gasteiger charge is -2.36. The number of hydrogen-bond donors (Lipinski definition) is 2. The Morgan fingerprint density at radius 2 is 1.38 bits per heavy atom. The van der Waals surface area contributed by atoms with Gasteiger partial charge in [-0.1, -0.05) is 27.7 Å². The fraction of sp³-hybridized carbons (Fsp3) is 0.500. The van der Waals surface area contributed by atoms with Gasteiger partial charge in [-0.05, 0) is 81.5 Å². The molecule has 4 nitrogen and oxygen atoms in total. The van der Waals surface area contributed by atoms with Crippen LogP contribution < -0.4 is 10.7 Å². The van der Waals surface area contributed by atoms with Gasteiger partial charge in [0.1, 0.15) is 5.54 Å². The van der Waals surface area contributed by atoms with Crippen LogP contribution >= 0.6 is 0 Å². The van der Waals surface area contributed by atoms with Crippen LogP contribution in [0.5, 0.6) is 0 Å².